The lowest BCUT2D eigenvalue weighted by molar-refractivity contribution is -0.0199. The van der Waals surface area contributed by atoms with Crippen molar-refractivity contribution in [3.05, 3.63) is 30.3 Å². The largest absolute Gasteiger partial charge is 0.491 e. The molecule has 2 aliphatic rings. The van der Waals surface area contributed by atoms with E-state index in [1.165, 1.54) is 0 Å². The summed E-state index contributed by atoms with van der Waals surface area (Å²) >= 11 is 0. The first-order valence-electron chi connectivity index (χ1n) is 9.84. The molecule has 1 aromatic rings. The summed E-state index contributed by atoms with van der Waals surface area (Å²) in [7, 11) is 0. The van der Waals surface area contributed by atoms with Gasteiger partial charge in [-0.2, -0.15) is 0 Å². The van der Waals surface area contributed by atoms with Crippen LogP contribution in [-0.4, -0.2) is 72.0 Å². The summed E-state index contributed by atoms with van der Waals surface area (Å²) in [6, 6.07) is 9.57. The molecule has 3 unspecified atom stereocenters. The summed E-state index contributed by atoms with van der Waals surface area (Å²) in [5, 5.41) is 10.3. The fourth-order valence-electron chi connectivity index (χ4n) is 4.07. The smallest absolute Gasteiger partial charge is 0.410 e. The number of fused-ring (bicyclic) bond motifs is 2. The molecule has 2 aliphatic heterocycles. The van der Waals surface area contributed by atoms with Crippen LogP contribution in [0.1, 0.15) is 27.2 Å². The number of β-amino-alcohol motifs (C(OH)–C–C–N with tert-alkyl or cyclic N) is 1. The number of hydrogen-bond donors (Lipinski definition) is 1. The molecule has 2 fully saturated rings. The minimum absolute atomic E-state index is 0.207. The number of likely N-dealkylation sites (tertiary alicyclic amines) is 2. The topological polar surface area (TPSA) is 62.2 Å². The van der Waals surface area contributed by atoms with E-state index in [0.717, 1.165) is 38.3 Å². The molecule has 6 nitrogen and oxygen atoms in total. The third-order valence-electron chi connectivity index (χ3n) is 4.96. The highest BCUT2D eigenvalue weighted by molar-refractivity contribution is 5.68. The van der Waals surface area contributed by atoms with Crippen molar-refractivity contribution in [3.63, 3.8) is 0 Å². The third-order valence-corrected chi connectivity index (χ3v) is 4.96. The number of ether oxygens (including phenoxy) is 2. The lowest BCUT2D eigenvalue weighted by atomic mass is 9.84. The van der Waals surface area contributed by atoms with E-state index in [1.54, 1.807) is 0 Å². The molecule has 2 saturated heterocycles. The Balaban J connectivity index is 1.45. The van der Waals surface area contributed by atoms with Crippen molar-refractivity contribution in [2.24, 2.45) is 11.8 Å². The Bertz CT molecular complexity index is 602. The number of carbonyl (C=O) groups excluding carboxylic acids is 1. The fourth-order valence-corrected chi connectivity index (χ4v) is 4.07. The predicted octanol–water partition coefficient (Wildman–Crippen LogP) is 2.62. The molecular formula is C21H32N2O4. The Labute approximate surface area is 162 Å². The Kier molecular flexibility index (Phi) is 6.27. The van der Waals surface area contributed by atoms with Gasteiger partial charge >= 0.3 is 6.09 Å². The van der Waals surface area contributed by atoms with Crippen LogP contribution in [0.5, 0.6) is 5.75 Å². The van der Waals surface area contributed by atoms with Gasteiger partial charge in [0.25, 0.3) is 0 Å². The molecular weight excluding hydrogens is 344 g/mol. The SMILES string of the molecule is CC(C)(C)OC(=O)N1CC2CC(CN(CC(O)COc3ccccc3)C2)C1. The van der Waals surface area contributed by atoms with Gasteiger partial charge in [0.1, 0.15) is 24.1 Å². The molecule has 0 spiro atoms. The van der Waals surface area contributed by atoms with Gasteiger partial charge in [-0.1, -0.05) is 18.2 Å². The molecule has 0 aromatic heterocycles. The van der Waals surface area contributed by atoms with Crippen molar-refractivity contribution >= 4 is 6.09 Å². The summed E-state index contributed by atoms with van der Waals surface area (Å²) in [5.74, 6) is 1.65. The Morgan fingerprint density at radius 3 is 2.37 bits per heavy atom. The molecule has 0 aliphatic carbocycles. The highest BCUT2D eigenvalue weighted by Gasteiger charge is 2.37. The van der Waals surface area contributed by atoms with E-state index >= 15 is 0 Å². The number of rotatable bonds is 5. The van der Waals surface area contributed by atoms with E-state index in [4.69, 9.17) is 9.47 Å². The number of carbonyl (C=O) groups is 1. The number of hydrogen-bond acceptors (Lipinski definition) is 5. The van der Waals surface area contributed by atoms with Crippen LogP contribution < -0.4 is 4.74 Å². The molecule has 27 heavy (non-hydrogen) atoms. The van der Waals surface area contributed by atoms with Gasteiger partial charge < -0.3 is 19.5 Å². The maximum atomic E-state index is 12.4. The normalized spacial score (nSPS) is 24.4. The van der Waals surface area contributed by atoms with Crippen molar-refractivity contribution in [2.75, 3.05) is 39.3 Å². The van der Waals surface area contributed by atoms with Crippen molar-refractivity contribution in [1.29, 1.82) is 0 Å². The molecule has 3 atom stereocenters. The van der Waals surface area contributed by atoms with Crippen molar-refractivity contribution in [3.8, 4) is 5.75 Å². The second-order valence-electron chi connectivity index (χ2n) is 8.85. The van der Waals surface area contributed by atoms with E-state index < -0.39 is 11.7 Å². The minimum atomic E-state index is -0.522. The Morgan fingerprint density at radius 2 is 1.78 bits per heavy atom. The first-order valence-corrected chi connectivity index (χ1v) is 9.84. The van der Waals surface area contributed by atoms with Gasteiger partial charge in [0, 0.05) is 32.7 Å². The van der Waals surface area contributed by atoms with Crippen LogP contribution in [0.3, 0.4) is 0 Å². The van der Waals surface area contributed by atoms with Crippen molar-refractivity contribution < 1.29 is 19.4 Å². The number of piperidine rings is 2. The fraction of sp³-hybridized carbons (Fsp3) is 0.667. The molecule has 0 radical (unpaired) electrons. The number of aliphatic hydroxyl groups is 1. The molecule has 1 aromatic carbocycles. The van der Waals surface area contributed by atoms with Crippen LogP contribution in [0.15, 0.2) is 30.3 Å². The monoisotopic (exact) mass is 376 g/mol. The lowest BCUT2D eigenvalue weighted by Gasteiger charge is -2.46. The Hall–Kier alpha value is -1.79. The van der Waals surface area contributed by atoms with E-state index in [0.29, 0.717) is 25.0 Å². The van der Waals surface area contributed by atoms with E-state index in [-0.39, 0.29) is 6.09 Å². The van der Waals surface area contributed by atoms with Crippen LogP contribution in [0.2, 0.25) is 0 Å². The van der Waals surface area contributed by atoms with Crippen molar-refractivity contribution in [2.45, 2.75) is 38.9 Å². The maximum absolute atomic E-state index is 12.4. The zero-order valence-electron chi connectivity index (χ0n) is 16.6. The second kappa shape index (κ2) is 8.48. The average Bonchev–Trinajstić information content (AvgIpc) is 2.58. The van der Waals surface area contributed by atoms with Crippen LogP contribution in [0, 0.1) is 11.8 Å². The molecule has 6 heteroatoms. The van der Waals surface area contributed by atoms with Gasteiger partial charge in [0.15, 0.2) is 0 Å². The molecule has 1 amide bonds. The summed E-state index contributed by atoms with van der Waals surface area (Å²) < 4.78 is 11.2. The third kappa shape index (κ3) is 6.11. The standard InChI is InChI=1S/C21H32N2O4/c1-21(2,3)27-20(25)23-12-16-9-17(13-23)11-22(10-16)14-18(24)15-26-19-7-5-4-6-8-19/h4-8,16-18,24H,9-15H2,1-3H3. The summed E-state index contributed by atoms with van der Waals surface area (Å²) in [4.78, 5) is 16.5. The lowest BCUT2D eigenvalue weighted by Crippen LogP contribution is -2.56. The zero-order chi connectivity index (χ0) is 19.4. The van der Waals surface area contributed by atoms with E-state index in [2.05, 4.69) is 4.90 Å². The van der Waals surface area contributed by atoms with Gasteiger partial charge in [0.2, 0.25) is 0 Å². The maximum Gasteiger partial charge on any atom is 0.410 e. The van der Waals surface area contributed by atoms with Crippen LogP contribution in [0.25, 0.3) is 0 Å². The molecule has 0 saturated carbocycles. The van der Waals surface area contributed by atoms with Gasteiger partial charge in [-0.3, -0.25) is 4.90 Å². The highest BCUT2D eigenvalue weighted by atomic mass is 16.6. The van der Waals surface area contributed by atoms with Gasteiger partial charge in [-0.15, -0.1) is 0 Å². The minimum Gasteiger partial charge on any atom is -0.491 e. The number of benzene rings is 1. The highest BCUT2D eigenvalue weighted by Crippen LogP contribution is 2.29. The number of aliphatic hydroxyl groups excluding tert-OH is 1. The average molecular weight is 376 g/mol. The summed E-state index contributed by atoms with van der Waals surface area (Å²) in [6.07, 6.45) is 0.416. The zero-order valence-corrected chi connectivity index (χ0v) is 16.6. The van der Waals surface area contributed by atoms with Crippen LogP contribution in [0.4, 0.5) is 4.79 Å². The van der Waals surface area contributed by atoms with E-state index in [1.807, 2.05) is 56.0 Å². The van der Waals surface area contributed by atoms with Gasteiger partial charge in [0.05, 0.1) is 0 Å². The summed E-state index contributed by atoms with van der Waals surface area (Å²) in [5.41, 5.74) is -0.460. The number of nitrogens with zero attached hydrogens (tertiary/aromatic N) is 2. The van der Waals surface area contributed by atoms with E-state index in [9.17, 15) is 9.90 Å². The van der Waals surface area contributed by atoms with Gasteiger partial charge in [-0.05, 0) is 51.2 Å². The first kappa shape index (κ1) is 20.0. The van der Waals surface area contributed by atoms with Crippen LogP contribution in [-0.2, 0) is 4.74 Å². The quantitative estimate of drug-likeness (QED) is 0.856. The number of amides is 1. The van der Waals surface area contributed by atoms with Crippen molar-refractivity contribution in [1.82, 2.24) is 9.80 Å². The molecule has 3 rings (SSSR count). The predicted molar refractivity (Wildman–Crippen MR) is 104 cm³/mol. The Morgan fingerprint density at radius 1 is 1.15 bits per heavy atom. The molecule has 150 valence electrons. The molecule has 1 N–H and O–H groups in total. The van der Waals surface area contributed by atoms with Gasteiger partial charge in [-0.25, -0.2) is 4.79 Å². The second-order valence-corrected chi connectivity index (χ2v) is 8.85. The van der Waals surface area contributed by atoms with Crippen LogP contribution >= 0.6 is 0 Å². The summed E-state index contributed by atoms with van der Waals surface area (Å²) in [6.45, 7) is 9.86. The molecule has 2 bridgehead atoms. The number of para-hydroxylation sites is 1. The molecule has 2 heterocycles. The first-order chi connectivity index (χ1) is 12.8.